The molecule has 154 valence electrons. The van der Waals surface area contributed by atoms with Crippen molar-refractivity contribution < 1.29 is 12.6 Å². The van der Waals surface area contributed by atoms with Gasteiger partial charge >= 0.3 is 5.69 Å². The number of nitrogens with zero attached hydrogens (tertiary/aromatic N) is 4. The standard InChI is InChI=1S/C20H24N4O4S/c1-5-12-24-18-11-10-17(22-19(18)23(3)20(24)25)9-8-16(7-6-15(2)13-21)14-28-29(4,26)27/h5-8,10-11,15H,1,9,12,14H2,2-4H3/b7-6-,16-8+/t15-/m0/s1. The second kappa shape index (κ2) is 9.49. The topological polar surface area (TPSA) is 107 Å². The molecule has 2 heterocycles. The molecule has 0 spiro atoms. The first-order valence-corrected chi connectivity index (χ1v) is 10.7. The molecule has 2 aromatic rings. The Labute approximate surface area is 170 Å². The summed E-state index contributed by atoms with van der Waals surface area (Å²) in [6, 6.07) is 5.73. The molecule has 29 heavy (non-hydrogen) atoms. The van der Waals surface area contributed by atoms with E-state index < -0.39 is 10.1 Å². The molecule has 0 aromatic carbocycles. The lowest BCUT2D eigenvalue weighted by atomic mass is 10.1. The lowest BCUT2D eigenvalue weighted by molar-refractivity contribution is 0.355. The first kappa shape index (κ1) is 22.3. The number of allylic oxidation sites excluding steroid dienone is 3. The summed E-state index contributed by atoms with van der Waals surface area (Å²) in [7, 11) is -1.93. The Bertz CT molecular complexity index is 1160. The minimum Gasteiger partial charge on any atom is -0.286 e. The minimum absolute atomic E-state index is 0.135. The Morgan fingerprint density at radius 3 is 2.79 bits per heavy atom. The van der Waals surface area contributed by atoms with Crippen molar-refractivity contribution in [3.8, 4) is 6.07 Å². The van der Waals surface area contributed by atoms with Crippen LogP contribution in [0.4, 0.5) is 0 Å². The van der Waals surface area contributed by atoms with Crippen LogP contribution in [0, 0.1) is 17.2 Å². The van der Waals surface area contributed by atoms with Gasteiger partial charge in [-0.2, -0.15) is 13.7 Å². The summed E-state index contributed by atoms with van der Waals surface area (Å²) in [5, 5.41) is 8.91. The lowest BCUT2D eigenvalue weighted by Gasteiger charge is -2.05. The number of hydrogen-bond donors (Lipinski definition) is 0. The number of pyridine rings is 1. The summed E-state index contributed by atoms with van der Waals surface area (Å²) >= 11 is 0. The number of fused-ring (bicyclic) bond motifs is 1. The molecule has 0 bridgehead atoms. The molecule has 0 radical (unpaired) electrons. The van der Waals surface area contributed by atoms with Gasteiger partial charge in [0, 0.05) is 25.7 Å². The largest absolute Gasteiger partial charge is 0.330 e. The third-order valence-electron chi connectivity index (χ3n) is 4.17. The van der Waals surface area contributed by atoms with Gasteiger partial charge < -0.3 is 0 Å². The van der Waals surface area contributed by atoms with Crippen LogP contribution in [0.25, 0.3) is 11.2 Å². The number of aryl methyl sites for hydroxylation is 1. The highest BCUT2D eigenvalue weighted by atomic mass is 32.2. The van der Waals surface area contributed by atoms with Crippen LogP contribution in [0.2, 0.25) is 0 Å². The first-order valence-electron chi connectivity index (χ1n) is 8.93. The second-order valence-electron chi connectivity index (χ2n) is 6.61. The molecule has 0 aliphatic heterocycles. The summed E-state index contributed by atoms with van der Waals surface area (Å²) in [6.45, 7) is 5.66. The monoisotopic (exact) mass is 416 g/mol. The SMILES string of the molecule is C=CCn1c(=O)n(C)c2nc(C/C=C(\C=C/[C@H](C)C#N)COS(C)(=O)=O)ccc21. The molecular formula is C20H24N4O4S. The van der Waals surface area contributed by atoms with Crippen molar-refractivity contribution in [3.63, 3.8) is 0 Å². The number of aromatic nitrogens is 3. The maximum absolute atomic E-state index is 12.3. The molecular weight excluding hydrogens is 392 g/mol. The van der Waals surface area contributed by atoms with Gasteiger partial charge in [0.2, 0.25) is 0 Å². The number of hydrogen-bond acceptors (Lipinski definition) is 6. The van der Waals surface area contributed by atoms with Gasteiger partial charge in [0.25, 0.3) is 10.1 Å². The van der Waals surface area contributed by atoms with Crippen molar-refractivity contribution in [2.24, 2.45) is 13.0 Å². The van der Waals surface area contributed by atoms with E-state index in [1.807, 2.05) is 12.1 Å². The van der Waals surface area contributed by atoms with Crippen LogP contribution in [-0.2, 0) is 34.3 Å². The van der Waals surface area contributed by atoms with Crippen LogP contribution in [0.5, 0.6) is 0 Å². The molecule has 9 heteroatoms. The molecule has 0 N–H and O–H groups in total. The van der Waals surface area contributed by atoms with Crippen molar-refractivity contribution in [1.29, 1.82) is 5.26 Å². The lowest BCUT2D eigenvalue weighted by Crippen LogP contribution is -2.21. The van der Waals surface area contributed by atoms with E-state index in [-0.39, 0.29) is 18.2 Å². The minimum atomic E-state index is -3.59. The highest BCUT2D eigenvalue weighted by Gasteiger charge is 2.11. The highest BCUT2D eigenvalue weighted by Crippen LogP contribution is 2.13. The summed E-state index contributed by atoms with van der Waals surface area (Å²) in [4.78, 5) is 16.9. The van der Waals surface area contributed by atoms with Crippen molar-refractivity contribution in [2.45, 2.75) is 19.9 Å². The van der Waals surface area contributed by atoms with Gasteiger partial charge in [-0.15, -0.1) is 6.58 Å². The summed E-state index contributed by atoms with van der Waals surface area (Å²) < 4.78 is 30.5. The van der Waals surface area contributed by atoms with Gasteiger partial charge in [-0.1, -0.05) is 24.3 Å². The number of rotatable bonds is 9. The predicted molar refractivity (Wildman–Crippen MR) is 112 cm³/mol. The zero-order chi connectivity index (χ0) is 21.6. The molecule has 0 amide bonds. The molecule has 2 rings (SSSR count). The van der Waals surface area contributed by atoms with Crippen LogP contribution >= 0.6 is 0 Å². The molecule has 0 unspecified atom stereocenters. The van der Waals surface area contributed by atoms with Crippen LogP contribution in [0.15, 0.2) is 53.4 Å². The molecule has 0 fully saturated rings. The Balaban J connectivity index is 2.33. The van der Waals surface area contributed by atoms with Crippen LogP contribution in [-0.4, -0.2) is 35.4 Å². The van der Waals surface area contributed by atoms with E-state index in [4.69, 9.17) is 9.44 Å². The Kier molecular flexibility index (Phi) is 7.31. The Morgan fingerprint density at radius 2 is 2.17 bits per heavy atom. The van der Waals surface area contributed by atoms with Crippen molar-refractivity contribution in [1.82, 2.24) is 14.1 Å². The van der Waals surface area contributed by atoms with Gasteiger partial charge in [0.15, 0.2) is 5.65 Å². The first-order chi connectivity index (χ1) is 13.7. The van der Waals surface area contributed by atoms with Crippen molar-refractivity contribution in [2.75, 3.05) is 12.9 Å². The van der Waals surface area contributed by atoms with Crippen LogP contribution < -0.4 is 5.69 Å². The van der Waals surface area contributed by atoms with E-state index in [1.165, 1.54) is 4.57 Å². The molecule has 0 saturated carbocycles. The van der Waals surface area contributed by atoms with Crippen molar-refractivity contribution >= 4 is 21.3 Å². The second-order valence-corrected chi connectivity index (χ2v) is 8.26. The third kappa shape index (κ3) is 6.01. The van der Waals surface area contributed by atoms with E-state index in [9.17, 15) is 13.2 Å². The molecule has 0 saturated heterocycles. The van der Waals surface area contributed by atoms with Crippen LogP contribution in [0.1, 0.15) is 12.6 Å². The number of nitriles is 1. The maximum atomic E-state index is 12.3. The fourth-order valence-electron chi connectivity index (χ4n) is 2.63. The Hall–Kier alpha value is -2.96. The van der Waals surface area contributed by atoms with Gasteiger partial charge in [-0.05, 0) is 24.6 Å². The molecule has 0 aliphatic rings. The van der Waals surface area contributed by atoms with Crippen molar-refractivity contribution in [3.05, 3.63) is 64.8 Å². The predicted octanol–water partition coefficient (Wildman–Crippen LogP) is 2.08. The van der Waals surface area contributed by atoms with E-state index in [2.05, 4.69) is 17.6 Å². The molecule has 1 atom stereocenters. The van der Waals surface area contributed by atoms with Gasteiger partial charge in [0.05, 0.1) is 30.4 Å². The summed E-state index contributed by atoms with van der Waals surface area (Å²) in [5.74, 6) is -0.315. The normalized spacial score (nSPS) is 13.7. The number of imidazole rings is 1. The average Bonchev–Trinajstić information content (AvgIpc) is 2.91. The van der Waals surface area contributed by atoms with E-state index in [1.54, 1.807) is 42.8 Å². The van der Waals surface area contributed by atoms with Crippen LogP contribution in [0.3, 0.4) is 0 Å². The molecule has 2 aromatic heterocycles. The molecule has 8 nitrogen and oxygen atoms in total. The fraction of sp³-hybridized carbons (Fsp3) is 0.350. The summed E-state index contributed by atoms with van der Waals surface area (Å²) in [5.41, 5.74) is 2.43. The average molecular weight is 417 g/mol. The smallest absolute Gasteiger partial charge is 0.286 e. The Morgan fingerprint density at radius 1 is 1.45 bits per heavy atom. The highest BCUT2D eigenvalue weighted by molar-refractivity contribution is 7.86. The third-order valence-corrected chi connectivity index (χ3v) is 4.71. The quantitative estimate of drug-likeness (QED) is 0.352. The van der Waals surface area contributed by atoms with E-state index in [0.29, 0.717) is 35.4 Å². The van der Waals surface area contributed by atoms with Gasteiger partial charge in [0.1, 0.15) is 0 Å². The zero-order valence-corrected chi connectivity index (χ0v) is 17.5. The van der Waals surface area contributed by atoms with E-state index >= 15 is 0 Å². The van der Waals surface area contributed by atoms with Gasteiger partial charge in [-0.3, -0.25) is 13.3 Å². The van der Waals surface area contributed by atoms with Gasteiger partial charge in [-0.25, -0.2) is 9.78 Å². The maximum Gasteiger partial charge on any atom is 0.330 e. The molecule has 0 aliphatic carbocycles. The van der Waals surface area contributed by atoms with E-state index in [0.717, 1.165) is 6.26 Å². The fourth-order valence-corrected chi connectivity index (χ4v) is 2.98. The zero-order valence-electron chi connectivity index (χ0n) is 16.7. The summed E-state index contributed by atoms with van der Waals surface area (Å²) in [6.07, 6.45) is 8.18.